The fourth-order valence-electron chi connectivity index (χ4n) is 1.92. The van der Waals surface area contributed by atoms with E-state index in [2.05, 4.69) is 4.98 Å². The third-order valence-electron chi connectivity index (χ3n) is 2.80. The first-order valence-corrected chi connectivity index (χ1v) is 5.65. The average molecular weight is 276 g/mol. The molecule has 1 aromatic heterocycles. The maximum absolute atomic E-state index is 14.0. The third-order valence-corrected chi connectivity index (χ3v) is 2.80. The largest absolute Gasteiger partial charge is 0.497 e. The minimum Gasteiger partial charge on any atom is -0.497 e. The second kappa shape index (κ2) is 5.13. The maximum Gasteiger partial charge on any atom is 0.266 e. The number of H-pyrrole nitrogens is 1. The van der Waals surface area contributed by atoms with Gasteiger partial charge in [0.1, 0.15) is 29.0 Å². The summed E-state index contributed by atoms with van der Waals surface area (Å²) >= 11 is 0. The van der Waals surface area contributed by atoms with Gasteiger partial charge in [0.05, 0.1) is 12.7 Å². The molecule has 0 spiro atoms. The molecule has 2 rings (SSSR count). The number of nitrogens with one attached hydrogen (secondary N) is 1. The molecule has 4 nitrogen and oxygen atoms in total. The van der Waals surface area contributed by atoms with E-state index < -0.39 is 22.8 Å². The second-order valence-corrected chi connectivity index (χ2v) is 4.15. The molecule has 0 saturated heterocycles. The predicted octanol–water partition coefficient (Wildman–Crippen LogP) is 2.51. The van der Waals surface area contributed by atoms with E-state index in [1.54, 1.807) is 13.0 Å². The van der Waals surface area contributed by atoms with E-state index >= 15 is 0 Å². The van der Waals surface area contributed by atoms with Crippen molar-refractivity contribution in [3.63, 3.8) is 0 Å². The predicted molar refractivity (Wildman–Crippen MR) is 68.4 cm³/mol. The van der Waals surface area contributed by atoms with Gasteiger partial charge in [-0.25, -0.2) is 8.78 Å². The van der Waals surface area contributed by atoms with Crippen molar-refractivity contribution in [3.05, 3.63) is 51.4 Å². The van der Waals surface area contributed by atoms with Crippen molar-refractivity contribution in [1.82, 2.24) is 4.98 Å². The van der Waals surface area contributed by atoms with Crippen LogP contribution in [0.1, 0.15) is 11.3 Å². The number of nitriles is 1. The van der Waals surface area contributed by atoms with Gasteiger partial charge in [-0.3, -0.25) is 4.79 Å². The Morgan fingerprint density at radius 3 is 2.35 bits per heavy atom. The van der Waals surface area contributed by atoms with Crippen LogP contribution >= 0.6 is 0 Å². The van der Waals surface area contributed by atoms with Crippen molar-refractivity contribution in [1.29, 1.82) is 5.26 Å². The van der Waals surface area contributed by atoms with Crippen molar-refractivity contribution >= 4 is 0 Å². The van der Waals surface area contributed by atoms with E-state index in [0.29, 0.717) is 5.69 Å². The van der Waals surface area contributed by atoms with E-state index in [-0.39, 0.29) is 16.9 Å². The van der Waals surface area contributed by atoms with Gasteiger partial charge >= 0.3 is 0 Å². The zero-order valence-corrected chi connectivity index (χ0v) is 10.8. The molecule has 0 bridgehead atoms. The van der Waals surface area contributed by atoms with Gasteiger partial charge in [0.15, 0.2) is 0 Å². The number of rotatable bonds is 2. The Bertz CT molecular complexity index is 753. The highest BCUT2D eigenvalue weighted by Crippen LogP contribution is 2.31. The number of ether oxygens (including phenoxy) is 1. The van der Waals surface area contributed by atoms with Gasteiger partial charge in [0.25, 0.3) is 5.56 Å². The van der Waals surface area contributed by atoms with E-state index in [1.165, 1.54) is 13.2 Å². The molecule has 0 radical (unpaired) electrons. The highest BCUT2D eigenvalue weighted by molar-refractivity contribution is 5.72. The summed E-state index contributed by atoms with van der Waals surface area (Å²) < 4.78 is 32.8. The number of hydrogen-bond donors (Lipinski definition) is 1. The Morgan fingerprint density at radius 1 is 1.25 bits per heavy atom. The number of aryl methyl sites for hydroxylation is 1. The lowest BCUT2D eigenvalue weighted by Gasteiger charge is -2.09. The number of benzene rings is 1. The van der Waals surface area contributed by atoms with Gasteiger partial charge in [-0.1, -0.05) is 0 Å². The third kappa shape index (κ3) is 2.26. The van der Waals surface area contributed by atoms with Crippen LogP contribution < -0.4 is 10.3 Å². The number of aromatic nitrogens is 1. The molecular formula is C14H10F2N2O2. The molecule has 0 aliphatic rings. The number of hydrogen-bond acceptors (Lipinski definition) is 3. The van der Waals surface area contributed by atoms with Crippen LogP contribution in [0.5, 0.6) is 5.75 Å². The number of nitrogens with zero attached hydrogens (tertiary/aromatic N) is 1. The topological polar surface area (TPSA) is 65.9 Å². The van der Waals surface area contributed by atoms with Gasteiger partial charge in [-0.2, -0.15) is 5.26 Å². The number of halogens is 2. The normalized spacial score (nSPS) is 10.2. The SMILES string of the molecule is COc1cc(F)c(-c2cc(C)[nH]c(=O)c2C#N)c(F)c1. The van der Waals surface area contributed by atoms with Crippen LogP contribution in [0.4, 0.5) is 8.78 Å². The highest BCUT2D eigenvalue weighted by Gasteiger charge is 2.19. The van der Waals surface area contributed by atoms with Gasteiger partial charge in [0.2, 0.25) is 0 Å². The molecule has 0 fully saturated rings. The number of methoxy groups -OCH3 is 1. The second-order valence-electron chi connectivity index (χ2n) is 4.15. The summed E-state index contributed by atoms with van der Waals surface area (Å²) in [6, 6.07) is 5.01. The van der Waals surface area contributed by atoms with E-state index in [1.807, 2.05) is 0 Å². The van der Waals surface area contributed by atoms with E-state index in [4.69, 9.17) is 10.00 Å². The van der Waals surface area contributed by atoms with Crippen molar-refractivity contribution in [2.24, 2.45) is 0 Å². The molecule has 6 heteroatoms. The monoisotopic (exact) mass is 276 g/mol. The van der Waals surface area contributed by atoms with Gasteiger partial charge < -0.3 is 9.72 Å². The molecule has 0 aliphatic heterocycles. The lowest BCUT2D eigenvalue weighted by atomic mass is 9.99. The Morgan fingerprint density at radius 2 is 1.85 bits per heavy atom. The highest BCUT2D eigenvalue weighted by atomic mass is 19.1. The van der Waals surface area contributed by atoms with Crippen molar-refractivity contribution in [2.75, 3.05) is 7.11 Å². The van der Waals surface area contributed by atoms with Crippen molar-refractivity contribution < 1.29 is 13.5 Å². The Balaban J connectivity index is 2.82. The maximum atomic E-state index is 14.0. The van der Waals surface area contributed by atoms with E-state index in [0.717, 1.165) is 12.1 Å². The van der Waals surface area contributed by atoms with Crippen LogP contribution in [0, 0.1) is 29.9 Å². The molecule has 20 heavy (non-hydrogen) atoms. The minimum absolute atomic E-state index is 0.0174. The minimum atomic E-state index is -0.900. The van der Waals surface area contributed by atoms with Gasteiger partial charge in [0, 0.05) is 23.4 Å². The summed E-state index contributed by atoms with van der Waals surface area (Å²) in [5, 5.41) is 8.99. The van der Waals surface area contributed by atoms with Crippen LogP contribution in [0.15, 0.2) is 23.0 Å². The molecule has 0 amide bonds. The lowest BCUT2D eigenvalue weighted by Crippen LogP contribution is -2.13. The zero-order chi connectivity index (χ0) is 14.9. The van der Waals surface area contributed by atoms with Gasteiger partial charge in [-0.05, 0) is 13.0 Å². The molecule has 0 aliphatic carbocycles. The lowest BCUT2D eigenvalue weighted by molar-refractivity contribution is 0.407. The molecule has 0 atom stereocenters. The van der Waals surface area contributed by atoms with Crippen molar-refractivity contribution in [2.45, 2.75) is 6.92 Å². The first-order valence-electron chi connectivity index (χ1n) is 5.65. The molecule has 102 valence electrons. The standard InChI is InChI=1S/C14H10F2N2O2/c1-7-3-9(10(6-17)14(19)18-7)13-11(15)4-8(20-2)5-12(13)16/h3-5H,1-2H3,(H,18,19). The Hall–Kier alpha value is -2.68. The molecular weight excluding hydrogens is 266 g/mol. The summed E-state index contributed by atoms with van der Waals surface area (Å²) in [4.78, 5) is 14.1. The Labute approximate surface area is 113 Å². The fourth-order valence-corrected chi connectivity index (χ4v) is 1.92. The fraction of sp³-hybridized carbons (Fsp3) is 0.143. The Kier molecular flexibility index (Phi) is 3.53. The first-order chi connectivity index (χ1) is 9.47. The van der Waals surface area contributed by atoms with Gasteiger partial charge in [-0.15, -0.1) is 0 Å². The molecule has 1 aromatic carbocycles. The quantitative estimate of drug-likeness (QED) is 0.916. The summed E-state index contributed by atoms with van der Waals surface area (Å²) in [6.07, 6.45) is 0. The number of pyridine rings is 1. The van der Waals surface area contributed by atoms with E-state index in [9.17, 15) is 13.6 Å². The summed E-state index contributed by atoms with van der Waals surface area (Å²) in [5.74, 6) is -1.78. The average Bonchev–Trinajstić information content (AvgIpc) is 2.37. The van der Waals surface area contributed by atoms with Crippen molar-refractivity contribution in [3.8, 4) is 22.9 Å². The smallest absolute Gasteiger partial charge is 0.266 e. The van der Waals surface area contributed by atoms with Crippen LogP contribution in [-0.4, -0.2) is 12.1 Å². The first kappa shape index (κ1) is 13.7. The van der Waals surface area contributed by atoms with Crippen LogP contribution in [-0.2, 0) is 0 Å². The zero-order valence-electron chi connectivity index (χ0n) is 10.8. The number of aromatic amines is 1. The molecule has 0 saturated carbocycles. The molecule has 1 heterocycles. The van der Waals surface area contributed by atoms with Crippen LogP contribution in [0.25, 0.3) is 11.1 Å². The summed E-state index contributed by atoms with van der Waals surface area (Å²) in [6.45, 7) is 1.56. The van der Waals surface area contributed by atoms with Crippen LogP contribution in [0.3, 0.4) is 0 Å². The molecule has 0 unspecified atom stereocenters. The van der Waals surface area contributed by atoms with Crippen LogP contribution in [0.2, 0.25) is 0 Å². The molecule has 1 N–H and O–H groups in total. The summed E-state index contributed by atoms with van der Waals surface area (Å²) in [5.41, 5.74) is -1.11. The molecule has 2 aromatic rings. The summed E-state index contributed by atoms with van der Waals surface area (Å²) in [7, 11) is 1.28.